The number of hydrogen-bond donors (Lipinski definition) is 2. The van der Waals surface area contributed by atoms with Gasteiger partial charge in [0.2, 0.25) is 0 Å². The molecular weight excluding hydrogens is 342 g/mol. The van der Waals surface area contributed by atoms with Gasteiger partial charge in [-0.15, -0.1) is 0 Å². The first-order chi connectivity index (χ1) is 13.0. The smallest absolute Gasteiger partial charge is 0.318 e. The normalized spacial score (nSPS) is 21.1. The monoisotopic (exact) mass is 363 g/mol. The van der Waals surface area contributed by atoms with Gasteiger partial charge in [0.1, 0.15) is 5.54 Å². The summed E-state index contributed by atoms with van der Waals surface area (Å²) in [6.07, 6.45) is 3.45. The van der Waals surface area contributed by atoms with Crippen LogP contribution >= 0.6 is 0 Å². The summed E-state index contributed by atoms with van der Waals surface area (Å²) in [5.74, 6) is -0.941. The van der Waals surface area contributed by atoms with Gasteiger partial charge < -0.3 is 5.32 Å². The summed E-state index contributed by atoms with van der Waals surface area (Å²) in [7, 11) is 0. The maximum Gasteiger partial charge on any atom is 0.344 e. The Morgan fingerprint density at radius 1 is 1.11 bits per heavy atom. The molecule has 1 aliphatic heterocycles. The lowest BCUT2D eigenvalue weighted by Crippen LogP contribution is -2.48. The van der Waals surface area contributed by atoms with Crippen LogP contribution in [0.5, 0.6) is 0 Å². The summed E-state index contributed by atoms with van der Waals surface area (Å²) < 4.78 is 0. The number of carbonyl (C=O) groups is 3. The van der Waals surface area contributed by atoms with E-state index in [1.165, 1.54) is 5.56 Å². The van der Waals surface area contributed by atoms with Crippen LogP contribution in [0.25, 0.3) is 0 Å². The number of fused-ring (bicyclic) bond motifs is 1. The molecule has 1 aliphatic carbocycles. The average Bonchev–Trinajstić information content (AvgIpc) is 3.26. The average molecular weight is 363 g/mol. The van der Waals surface area contributed by atoms with Gasteiger partial charge >= 0.3 is 6.03 Å². The zero-order chi connectivity index (χ0) is 19.0. The molecule has 0 saturated carbocycles. The summed E-state index contributed by atoms with van der Waals surface area (Å²) in [5, 5.41) is 3.55. The molecule has 0 radical (unpaired) electrons. The SMILES string of the molecule is CC[C@@]1(c2ccccc2)NC(=O)N(NC(=O)c2ccc3c(c2)CCC3)C1=O. The number of benzene rings is 2. The number of imide groups is 1. The molecule has 0 aromatic heterocycles. The van der Waals surface area contributed by atoms with E-state index < -0.39 is 23.4 Å². The van der Waals surface area contributed by atoms with Crippen LogP contribution in [-0.2, 0) is 23.2 Å². The number of rotatable bonds is 4. The molecule has 2 N–H and O–H groups in total. The van der Waals surface area contributed by atoms with Gasteiger partial charge in [-0.3, -0.25) is 15.0 Å². The molecule has 0 spiro atoms. The Bertz CT molecular complexity index is 926. The molecule has 0 unspecified atom stereocenters. The Hall–Kier alpha value is -3.15. The Morgan fingerprint density at radius 2 is 1.85 bits per heavy atom. The van der Waals surface area contributed by atoms with Gasteiger partial charge in [-0.2, -0.15) is 5.01 Å². The van der Waals surface area contributed by atoms with Gasteiger partial charge in [-0.05, 0) is 54.5 Å². The Labute approximate surface area is 157 Å². The van der Waals surface area contributed by atoms with Crippen molar-refractivity contribution in [2.75, 3.05) is 0 Å². The molecule has 1 fully saturated rings. The Balaban J connectivity index is 1.58. The summed E-state index contributed by atoms with van der Waals surface area (Å²) in [6.45, 7) is 1.83. The van der Waals surface area contributed by atoms with Gasteiger partial charge in [0.25, 0.3) is 11.8 Å². The van der Waals surface area contributed by atoms with Crippen LogP contribution in [0.4, 0.5) is 4.79 Å². The van der Waals surface area contributed by atoms with Crippen LogP contribution in [0.1, 0.15) is 46.8 Å². The lowest BCUT2D eigenvalue weighted by molar-refractivity contribution is -0.133. The summed E-state index contributed by atoms with van der Waals surface area (Å²) in [6, 6.07) is 14.0. The van der Waals surface area contributed by atoms with Crippen LogP contribution in [0.2, 0.25) is 0 Å². The predicted molar refractivity (Wildman–Crippen MR) is 99.7 cm³/mol. The van der Waals surface area contributed by atoms with Crippen LogP contribution in [0.15, 0.2) is 48.5 Å². The van der Waals surface area contributed by atoms with Gasteiger partial charge in [0, 0.05) is 5.56 Å². The zero-order valence-corrected chi connectivity index (χ0v) is 15.1. The summed E-state index contributed by atoms with van der Waals surface area (Å²) in [5.41, 5.74) is 4.88. The van der Waals surface area contributed by atoms with Crippen molar-refractivity contribution in [1.29, 1.82) is 0 Å². The van der Waals surface area contributed by atoms with Gasteiger partial charge in [-0.1, -0.05) is 43.3 Å². The molecule has 1 heterocycles. The molecule has 138 valence electrons. The van der Waals surface area contributed by atoms with E-state index in [1.807, 2.05) is 37.3 Å². The molecule has 6 nitrogen and oxygen atoms in total. The fraction of sp³-hybridized carbons (Fsp3) is 0.286. The van der Waals surface area contributed by atoms with Gasteiger partial charge in [-0.25, -0.2) is 4.79 Å². The molecule has 6 heteroatoms. The fourth-order valence-corrected chi connectivity index (χ4v) is 3.92. The molecule has 2 aromatic carbocycles. The first-order valence-corrected chi connectivity index (χ1v) is 9.20. The van der Waals surface area contributed by atoms with Crippen LogP contribution in [0, 0.1) is 0 Å². The van der Waals surface area contributed by atoms with E-state index >= 15 is 0 Å². The second-order valence-corrected chi connectivity index (χ2v) is 6.97. The number of hydrogen-bond acceptors (Lipinski definition) is 3. The third-order valence-corrected chi connectivity index (χ3v) is 5.46. The molecule has 4 amide bonds. The topological polar surface area (TPSA) is 78.5 Å². The van der Waals surface area contributed by atoms with E-state index in [9.17, 15) is 14.4 Å². The standard InChI is InChI=1S/C21H21N3O3/c1-2-21(17-9-4-3-5-10-17)19(26)24(20(27)22-21)23-18(25)16-12-11-14-7-6-8-15(14)13-16/h3-5,9-13H,2,6-8H2,1H3,(H,22,27)(H,23,25)/t21-/m0/s1. The minimum absolute atomic E-state index is 0.382. The van der Waals surface area contributed by atoms with Crippen molar-refractivity contribution in [1.82, 2.24) is 15.8 Å². The molecule has 4 rings (SSSR count). The predicted octanol–water partition coefficient (Wildman–Crippen LogP) is 2.68. The number of hydrazine groups is 1. The molecule has 27 heavy (non-hydrogen) atoms. The third kappa shape index (κ3) is 2.77. The highest BCUT2D eigenvalue weighted by molar-refractivity contribution is 6.09. The number of nitrogens with zero attached hydrogens (tertiary/aromatic N) is 1. The number of aryl methyl sites for hydroxylation is 2. The maximum absolute atomic E-state index is 13.1. The lowest BCUT2D eigenvalue weighted by atomic mass is 9.87. The highest BCUT2D eigenvalue weighted by Crippen LogP contribution is 2.31. The highest BCUT2D eigenvalue weighted by atomic mass is 16.2. The largest absolute Gasteiger partial charge is 0.344 e. The molecular formula is C21H21N3O3. The van der Waals surface area contributed by atoms with E-state index in [0.29, 0.717) is 17.5 Å². The highest BCUT2D eigenvalue weighted by Gasteiger charge is 2.52. The van der Waals surface area contributed by atoms with Crippen molar-refractivity contribution in [3.63, 3.8) is 0 Å². The third-order valence-electron chi connectivity index (χ3n) is 5.46. The first-order valence-electron chi connectivity index (χ1n) is 9.20. The first kappa shape index (κ1) is 17.3. The van der Waals surface area contributed by atoms with E-state index in [1.54, 1.807) is 18.2 Å². The minimum atomic E-state index is -1.16. The number of urea groups is 1. The number of amides is 4. The summed E-state index contributed by atoms with van der Waals surface area (Å²) >= 11 is 0. The van der Waals surface area contributed by atoms with Crippen LogP contribution < -0.4 is 10.7 Å². The second-order valence-electron chi connectivity index (χ2n) is 6.97. The molecule has 2 aromatic rings. The second kappa shape index (κ2) is 6.54. The number of carbonyl (C=O) groups excluding carboxylic acids is 3. The zero-order valence-electron chi connectivity index (χ0n) is 15.1. The number of nitrogens with one attached hydrogen (secondary N) is 2. The Kier molecular flexibility index (Phi) is 4.18. The van der Waals surface area contributed by atoms with E-state index in [2.05, 4.69) is 10.7 Å². The van der Waals surface area contributed by atoms with Crippen molar-refractivity contribution in [3.8, 4) is 0 Å². The van der Waals surface area contributed by atoms with Crippen LogP contribution in [-0.4, -0.2) is 22.9 Å². The van der Waals surface area contributed by atoms with E-state index in [-0.39, 0.29) is 0 Å². The maximum atomic E-state index is 13.1. The fourth-order valence-electron chi connectivity index (χ4n) is 3.92. The summed E-state index contributed by atoms with van der Waals surface area (Å²) in [4.78, 5) is 38.2. The van der Waals surface area contributed by atoms with Crippen molar-refractivity contribution < 1.29 is 14.4 Å². The van der Waals surface area contributed by atoms with Crippen LogP contribution in [0.3, 0.4) is 0 Å². The molecule has 2 aliphatic rings. The van der Waals surface area contributed by atoms with Crippen molar-refractivity contribution in [2.24, 2.45) is 0 Å². The van der Waals surface area contributed by atoms with E-state index in [4.69, 9.17) is 0 Å². The van der Waals surface area contributed by atoms with E-state index in [0.717, 1.165) is 29.8 Å². The lowest BCUT2D eigenvalue weighted by Gasteiger charge is -2.25. The van der Waals surface area contributed by atoms with Crippen molar-refractivity contribution in [3.05, 3.63) is 70.8 Å². The molecule has 0 bridgehead atoms. The molecule has 1 atom stereocenters. The Morgan fingerprint density at radius 3 is 2.59 bits per heavy atom. The van der Waals surface area contributed by atoms with Crippen molar-refractivity contribution in [2.45, 2.75) is 38.1 Å². The quantitative estimate of drug-likeness (QED) is 0.820. The minimum Gasteiger partial charge on any atom is -0.318 e. The van der Waals surface area contributed by atoms with Gasteiger partial charge in [0.15, 0.2) is 0 Å². The van der Waals surface area contributed by atoms with Gasteiger partial charge in [0.05, 0.1) is 0 Å². The molecule has 1 saturated heterocycles. The van der Waals surface area contributed by atoms with Crippen molar-refractivity contribution >= 4 is 17.8 Å².